The lowest BCUT2D eigenvalue weighted by Crippen LogP contribution is -2.45. The number of hydrogen-bond acceptors (Lipinski definition) is 5. The monoisotopic (exact) mass is 461 g/mol. The molecule has 0 bridgehead atoms. The van der Waals surface area contributed by atoms with Crippen molar-refractivity contribution < 1.29 is 12.6 Å². The first kappa shape index (κ1) is 21.6. The maximum Gasteiger partial charge on any atom is 0.339 e. The predicted molar refractivity (Wildman–Crippen MR) is 131 cm³/mol. The van der Waals surface area contributed by atoms with Gasteiger partial charge in [-0.15, -0.1) is 0 Å². The molecule has 1 aliphatic heterocycles. The van der Waals surface area contributed by atoms with Crippen molar-refractivity contribution in [2.45, 2.75) is 18.4 Å². The Balaban J connectivity index is 1.19. The molecule has 1 fully saturated rings. The first-order valence-corrected chi connectivity index (χ1v) is 12.5. The lowest BCUT2D eigenvalue weighted by atomic mass is 10.1. The molecule has 4 aromatic rings. The summed E-state index contributed by atoms with van der Waals surface area (Å²) in [6.45, 7) is 6.63. The van der Waals surface area contributed by atoms with E-state index in [1.54, 1.807) is 36.4 Å². The minimum absolute atomic E-state index is 0.156. The summed E-state index contributed by atoms with van der Waals surface area (Å²) in [7, 11) is -3.84. The SMILES string of the molecule is Cc1ccc(S(=O)(=O)Oc2ccc(N3CCN(Cc4c[nH]c5ccccc45)CC3)cc2)cc1. The second-order valence-corrected chi connectivity index (χ2v) is 10.0. The summed E-state index contributed by atoms with van der Waals surface area (Å²) < 4.78 is 30.3. The molecule has 0 radical (unpaired) electrons. The van der Waals surface area contributed by atoms with Crippen molar-refractivity contribution in [1.82, 2.24) is 9.88 Å². The first-order chi connectivity index (χ1) is 16.0. The molecule has 0 spiro atoms. The van der Waals surface area contributed by atoms with Gasteiger partial charge in [-0.2, -0.15) is 8.42 Å². The zero-order valence-electron chi connectivity index (χ0n) is 18.6. The number of aryl methyl sites for hydroxylation is 1. The van der Waals surface area contributed by atoms with E-state index >= 15 is 0 Å². The first-order valence-electron chi connectivity index (χ1n) is 11.1. The van der Waals surface area contributed by atoms with Crippen molar-refractivity contribution in [1.29, 1.82) is 0 Å². The number of nitrogens with zero attached hydrogens (tertiary/aromatic N) is 2. The van der Waals surface area contributed by atoms with Crippen molar-refractivity contribution in [2.24, 2.45) is 0 Å². The van der Waals surface area contributed by atoms with Crippen LogP contribution in [0.3, 0.4) is 0 Å². The van der Waals surface area contributed by atoms with E-state index in [2.05, 4.69) is 45.2 Å². The molecule has 5 rings (SSSR count). The number of rotatable bonds is 6. The molecule has 1 saturated heterocycles. The Morgan fingerprint density at radius 1 is 0.879 bits per heavy atom. The van der Waals surface area contributed by atoms with Crippen LogP contribution in [0, 0.1) is 6.92 Å². The van der Waals surface area contributed by atoms with Gasteiger partial charge in [-0.05, 0) is 55.0 Å². The molecule has 0 atom stereocenters. The van der Waals surface area contributed by atoms with Crippen LogP contribution in [0.15, 0.2) is 83.9 Å². The molecule has 0 amide bonds. The van der Waals surface area contributed by atoms with Crippen molar-refractivity contribution in [3.63, 3.8) is 0 Å². The summed E-state index contributed by atoms with van der Waals surface area (Å²) >= 11 is 0. The fraction of sp³-hybridized carbons (Fsp3) is 0.231. The van der Waals surface area contributed by atoms with Crippen LogP contribution in [-0.4, -0.2) is 44.5 Å². The summed E-state index contributed by atoms with van der Waals surface area (Å²) in [5.41, 5.74) is 4.58. The van der Waals surface area contributed by atoms with E-state index in [-0.39, 0.29) is 4.90 Å². The molecule has 2 heterocycles. The highest BCUT2D eigenvalue weighted by Gasteiger charge is 2.20. The molecule has 0 saturated carbocycles. The minimum atomic E-state index is -3.84. The largest absolute Gasteiger partial charge is 0.379 e. The topological polar surface area (TPSA) is 65.6 Å². The smallest absolute Gasteiger partial charge is 0.339 e. The number of nitrogens with one attached hydrogen (secondary N) is 1. The Kier molecular flexibility index (Phi) is 5.83. The molecule has 0 unspecified atom stereocenters. The van der Waals surface area contributed by atoms with E-state index in [0.717, 1.165) is 44.0 Å². The number of anilines is 1. The van der Waals surface area contributed by atoms with Gasteiger partial charge in [0.25, 0.3) is 0 Å². The van der Waals surface area contributed by atoms with Crippen molar-refractivity contribution in [3.8, 4) is 5.75 Å². The fourth-order valence-corrected chi connectivity index (χ4v) is 5.19. The predicted octanol–water partition coefficient (Wildman–Crippen LogP) is 4.57. The Hall–Kier alpha value is -3.29. The van der Waals surface area contributed by atoms with Crippen molar-refractivity contribution >= 4 is 26.7 Å². The van der Waals surface area contributed by atoms with Gasteiger partial charge in [0, 0.05) is 55.5 Å². The van der Waals surface area contributed by atoms with E-state index in [4.69, 9.17) is 4.18 Å². The Morgan fingerprint density at radius 2 is 1.58 bits per heavy atom. The van der Waals surface area contributed by atoms with Crippen molar-refractivity contribution in [2.75, 3.05) is 31.1 Å². The second kappa shape index (κ2) is 8.92. The van der Waals surface area contributed by atoms with Gasteiger partial charge in [0.1, 0.15) is 10.6 Å². The van der Waals surface area contributed by atoms with Gasteiger partial charge in [-0.3, -0.25) is 4.90 Å². The number of H-pyrrole nitrogens is 1. The Morgan fingerprint density at radius 3 is 2.30 bits per heavy atom. The van der Waals surface area contributed by atoms with Gasteiger partial charge < -0.3 is 14.1 Å². The van der Waals surface area contributed by atoms with E-state index in [9.17, 15) is 8.42 Å². The van der Waals surface area contributed by atoms with Gasteiger partial charge in [0.05, 0.1) is 0 Å². The molecule has 0 aliphatic carbocycles. The fourth-order valence-electron chi connectivity index (χ4n) is 4.26. The normalized spacial score (nSPS) is 15.1. The molecule has 6 nitrogen and oxygen atoms in total. The lowest BCUT2D eigenvalue weighted by molar-refractivity contribution is 0.250. The number of piperazine rings is 1. The summed E-state index contributed by atoms with van der Waals surface area (Å²) in [6.07, 6.45) is 2.11. The number of aromatic nitrogens is 1. The van der Waals surface area contributed by atoms with Crippen LogP contribution >= 0.6 is 0 Å². The van der Waals surface area contributed by atoms with Crippen LogP contribution in [0.4, 0.5) is 5.69 Å². The Labute approximate surface area is 194 Å². The summed E-state index contributed by atoms with van der Waals surface area (Å²) in [4.78, 5) is 8.30. The second-order valence-electron chi connectivity index (χ2n) is 8.47. The van der Waals surface area contributed by atoms with Gasteiger partial charge >= 0.3 is 10.1 Å². The average molecular weight is 462 g/mol. The van der Waals surface area contributed by atoms with Crippen LogP contribution < -0.4 is 9.08 Å². The average Bonchev–Trinajstić information content (AvgIpc) is 3.23. The highest BCUT2D eigenvalue weighted by Crippen LogP contribution is 2.25. The number of fused-ring (bicyclic) bond motifs is 1. The maximum atomic E-state index is 12.5. The van der Waals surface area contributed by atoms with Crippen LogP contribution in [-0.2, 0) is 16.7 Å². The summed E-state index contributed by atoms with van der Waals surface area (Å²) in [5.74, 6) is 0.317. The zero-order valence-corrected chi connectivity index (χ0v) is 19.4. The standard InChI is InChI=1S/C26H27N3O3S/c1-20-6-12-24(13-7-20)33(30,31)32-23-10-8-22(9-11-23)29-16-14-28(15-17-29)19-21-18-27-26-5-3-2-4-25(21)26/h2-13,18,27H,14-17,19H2,1H3. The Bertz CT molecular complexity index is 1340. The molecule has 170 valence electrons. The molecule has 1 aliphatic rings. The third-order valence-corrected chi connectivity index (χ3v) is 7.42. The molecule has 1 aromatic heterocycles. The third-order valence-electron chi connectivity index (χ3n) is 6.16. The summed E-state index contributed by atoms with van der Waals surface area (Å²) in [6, 6.07) is 22.4. The highest BCUT2D eigenvalue weighted by molar-refractivity contribution is 7.87. The minimum Gasteiger partial charge on any atom is -0.379 e. The van der Waals surface area contributed by atoms with E-state index in [1.807, 2.05) is 19.1 Å². The molecular formula is C26H27N3O3S. The quantitative estimate of drug-likeness (QED) is 0.426. The van der Waals surface area contributed by atoms with Crippen LogP contribution in [0.25, 0.3) is 10.9 Å². The molecule has 33 heavy (non-hydrogen) atoms. The number of para-hydroxylation sites is 1. The molecule has 1 N–H and O–H groups in total. The maximum absolute atomic E-state index is 12.5. The lowest BCUT2D eigenvalue weighted by Gasteiger charge is -2.36. The molecule has 3 aromatic carbocycles. The zero-order chi connectivity index (χ0) is 22.8. The number of aromatic amines is 1. The van der Waals surface area contributed by atoms with Crippen LogP contribution in [0.1, 0.15) is 11.1 Å². The third kappa shape index (κ3) is 4.74. The van der Waals surface area contributed by atoms with Crippen LogP contribution in [0.2, 0.25) is 0 Å². The highest BCUT2D eigenvalue weighted by atomic mass is 32.2. The van der Waals surface area contributed by atoms with Crippen molar-refractivity contribution in [3.05, 3.63) is 90.1 Å². The summed E-state index contributed by atoms with van der Waals surface area (Å²) in [5, 5.41) is 1.29. The van der Waals surface area contributed by atoms with E-state index < -0.39 is 10.1 Å². The van der Waals surface area contributed by atoms with E-state index in [0.29, 0.717) is 5.75 Å². The van der Waals surface area contributed by atoms with Gasteiger partial charge in [-0.1, -0.05) is 35.9 Å². The molecule has 7 heteroatoms. The number of hydrogen-bond donors (Lipinski definition) is 1. The van der Waals surface area contributed by atoms with E-state index in [1.165, 1.54) is 16.5 Å². The van der Waals surface area contributed by atoms with Crippen LogP contribution in [0.5, 0.6) is 5.75 Å². The molecular weight excluding hydrogens is 434 g/mol. The van der Waals surface area contributed by atoms with Gasteiger partial charge in [0.2, 0.25) is 0 Å². The van der Waals surface area contributed by atoms with Gasteiger partial charge in [0.15, 0.2) is 0 Å². The number of benzene rings is 3. The van der Waals surface area contributed by atoms with Gasteiger partial charge in [-0.25, -0.2) is 0 Å².